The number of amides is 3. The summed E-state index contributed by atoms with van der Waals surface area (Å²) in [5, 5.41) is 2.77. The summed E-state index contributed by atoms with van der Waals surface area (Å²) in [5.74, 6) is -0.468. The third kappa shape index (κ3) is 4.29. The molecule has 1 atom stereocenters. The molecule has 6 nitrogen and oxygen atoms in total. The second-order valence-electron chi connectivity index (χ2n) is 5.18. The van der Waals surface area contributed by atoms with Crippen LogP contribution in [0.5, 0.6) is 0 Å². The Bertz CT molecular complexity index is 544. The first-order valence-electron chi connectivity index (χ1n) is 6.94. The molecule has 0 bridgehead atoms. The van der Waals surface area contributed by atoms with E-state index in [1.165, 1.54) is 4.90 Å². The summed E-state index contributed by atoms with van der Waals surface area (Å²) < 4.78 is 0. The second kappa shape index (κ2) is 7.91. The van der Waals surface area contributed by atoms with E-state index in [0.717, 1.165) is 5.56 Å². The summed E-state index contributed by atoms with van der Waals surface area (Å²) in [5.41, 5.74) is 6.80. The quantitative estimate of drug-likeness (QED) is 0.784. The monoisotopic (exact) mass is 325 g/mol. The van der Waals surface area contributed by atoms with E-state index in [2.05, 4.69) is 5.32 Å². The van der Waals surface area contributed by atoms with Gasteiger partial charge in [0.25, 0.3) is 5.91 Å². The van der Waals surface area contributed by atoms with Crippen LogP contribution >= 0.6 is 12.4 Å². The van der Waals surface area contributed by atoms with Gasteiger partial charge in [0.2, 0.25) is 11.8 Å². The lowest BCUT2D eigenvalue weighted by Crippen LogP contribution is -2.37. The van der Waals surface area contributed by atoms with E-state index in [1.807, 2.05) is 6.92 Å². The van der Waals surface area contributed by atoms with Crippen LogP contribution in [-0.2, 0) is 16.1 Å². The van der Waals surface area contributed by atoms with Crippen LogP contribution in [0, 0.1) is 0 Å². The van der Waals surface area contributed by atoms with Gasteiger partial charge >= 0.3 is 0 Å². The van der Waals surface area contributed by atoms with E-state index in [0.29, 0.717) is 12.1 Å². The van der Waals surface area contributed by atoms with Crippen molar-refractivity contribution >= 4 is 30.1 Å². The number of nitrogens with one attached hydrogen (secondary N) is 1. The summed E-state index contributed by atoms with van der Waals surface area (Å²) >= 11 is 0. The molecule has 1 aliphatic rings. The van der Waals surface area contributed by atoms with Crippen LogP contribution in [0.3, 0.4) is 0 Å². The number of carbonyl (C=O) groups excluding carboxylic acids is 3. The third-order valence-corrected chi connectivity index (χ3v) is 3.44. The molecule has 1 heterocycles. The Balaban J connectivity index is 0.00000242. The van der Waals surface area contributed by atoms with Crippen LogP contribution in [0.15, 0.2) is 24.3 Å². The van der Waals surface area contributed by atoms with Gasteiger partial charge in [0.05, 0.1) is 6.54 Å². The lowest BCUT2D eigenvalue weighted by Gasteiger charge is -2.14. The number of likely N-dealkylation sites (tertiary alicyclic amines) is 1. The molecular formula is C15H20ClN3O3. The molecule has 0 saturated carbocycles. The number of rotatable bonds is 5. The number of carbonyl (C=O) groups is 3. The summed E-state index contributed by atoms with van der Waals surface area (Å²) in [6.45, 7) is 2.47. The maximum absolute atomic E-state index is 11.9. The highest BCUT2D eigenvalue weighted by Crippen LogP contribution is 2.16. The van der Waals surface area contributed by atoms with Gasteiger partial charge in [-0.05, 0) is 24.6 Å². The highest BCUT2D eigenvalue weighted by atomic mass is 35.5. The zero-order valence-electron chi connectivity index (χ0n) is 12.4. The van der Waals surface area contributed by atoms with E-state index in [9.17, 15) is 14.4 Å². The highest BCUT2D eigenvalue weighted by Gasteiger charge is 2.28. The van der Waals surface area contributed by atoms with E-state index in [1.54, 1.807) is 24.3 Å². The van der Waals surface area contributed by atoms with Gasteiger partial charge in [-0.2, -0.15) is 0 Å². The normalized spacial score (nSPS) is 15.5. The van der Waals surface area contributed by atoms with Crippen LogP contribution in [0.1, 0.15) is 35.7 Å². The summed E-state index contributed by atoms with van der Waals surface area (Å²) in [6, 6.07) is 6.77. The molecule has 0 aromatic heterocycles. The molecular weight excluding hydrogens is 306 g/mol. The molecule has 120 valence electrons. The number of nitrogens with zero attached hydrogens (tertiary/aromatic N) is 1. The van der Waals surface area contributed by atoms with E-state index in [-0.39, 0.29) is 55.6 Å². The van der Waals surface area contributed by atoms with Crippen molar-refractivity contribution in [1.29, 1.82) is 0 Å². The second-order valence-corrected chi connectivity index (χ2v) is 5.18. The van der Waals surface area contributed by atoms with E-state index < -0.39 is 0 Å². The summed E-state index contributed by atoms with van der Waals surface area (Å²) in [6.07, 6.45) is 0.576. The van der Waals surface area contributed by atoms with Crippen molar-refractivity contribution in [3.8, 4) is 0 Å². The minimum atomic E-state index is -0.187. The number of hydrogen-bond donors (Lipinski definition) is 2. The highest BCUT2D eigenvalue weighted by molar-refractivity contribution is 6.01. The van der Waals surface area contributed by atoms with E-state index >= 15 is 0 Å². The SMILES string of the molecule is C[C@@H](CN)NC(=O)c1ccc(CN2C(=O)CCC2=O)cc1.Cl. The minimum Gasteiger partial charge on any atom is -0.348 e. The minimum absolute atomic E-state index is 0. The Morgan fingerprint density at radius 2 is 1.77 bits per heavy atom. The van der Waals surface area contributed by atoms with Crippen molar-refractivity contribution in [1.82, 2.24) is 10.2 Å². The Hall–Kier alpha value is -1.92. The Morgan fingerprint density at radius 3 is 2.27 bits per heavy atom. The Kier molecular flexibility index (Phi) is 6.52. The van der Waals surface area contributed by atoms with Crippen molar-refractivity contribution < 1.29 is 14.4 Å². The molecule has 22 heavy (non-hydrogen) atoms. The fourth-order valence-corrected chi connectivity index (χ4v) is 2.11. The number of halogens is 1. The molecule has 1 saturated heterocycles. The standard InChI is InChI=1S/C15H19N3O3.ClH/c1-10(8-16)17-15(21)12-4-2-11(3-5-12)9-18-13(19)6-7-14(18)20;/h2-5,10H,6-9,16H2,1H3,(H,17,21);1H/t10-;/m0./s1. The molecule has 1 aliphatic heterocycles. The first-order valence-corrected chi connectivity index (χ1v) is 6.94. The molecule has 2 rings (SSSR count). The molecule has 3 N–H and O–H groups in total. The van der Waals surface area contributed by atoms with Crippen molar-refractivity contribution in [2.45, 2.75) is 32.4 Å². The first kappa shape index (κ1) is 18.1. The van der Waals surface area contributed by atoms with Crippen LogP contribution in [-0.4, -0.2) is 35.2 Å². The molecule has 1 aromatic rings. The van der Waals surface area contributed by atoms with Gasteiger partial charge in [-0.15, -0.1) is 12.4 Å². The lowest BCUT2D eigenvalue weighted by molar-refractivity contribution is -0.139. The molecule has 3 amide bonds. The average Bonchev–Trinajstić information content (AvgIpc) is 2.79. The molecule has 7 heteroatoms. The molecule has 1 fully saturated rings. The van der Waals surface area contributed by atoms with Crippen LogP contribution in [0.2, 0.25) is 0 Å². The average molecular weight is 326 g/mol. The zero-order chi connectivity index (χ0) is 15.4. The topological polar surface area (TPSA) is 92.5 Å². The number of nitrogens with two attached hydrogens (primary N) is 1. The van der Waals surface area contributed by atoms with Gasteiger partial charge in [0, 0.05) is 31.0 Å². The summed E-state index contributed by atoms with van der Waals surface area (Å²) in [7, 11) is 0. The van der Waals surface area contributed by atoms with Crippen molar-refractivity contribution in [2.24, 2.45) is 5.73 Å². The van der Waals surface area contributed by atoms with Crippen molar-refractivity contribution in [2.75, 3.05) is 6.54 Å². The van der Waals surface area contributed by atoms with Gasteiger partial charge in [-0.3, -0.25) is 19.3 Å². The Morgan fingerprint density at radius 1 is 1.23 bits per heavy atom. The predicted molar refractivity (Wildman–Crippen MR) is 84.5 cm³/mol. The van der Waals surface area contributed by atoms with Gasteiger partial charge in [-0.1, -0.05) is 12.1 Å². The predicted octanol–water partition coefficient (Wildman–Crippen LogP) is 0.834. The molecule has 0 radical (unpaired) electrons. The molecule has 1 aromatic carbocycles. The van der Waals surface area contributed by atoms with Crippen LogP contribution in [0.4, 0.5) is 0 Å². The number of imide groups is 1. The van der Waals surface area contributed by atoms with Gasteiger partial charge in [-0.25, -0.2) is 0 Å². The third-order valence-electron chi connectivity index (χ3n) is 3.44. The fourth-order valence-electron chi connectivity index (χ4n) is 2.11. The van der Waals surface area contributed by atoms with Crippen LogP contribution < -0.4 is 11.1 Å². The van der Waals surface area contributed by atoms with Crippen molar-refractivity contribution in [3.05, 3.63) is 35.4 Å². The first-order chi connectivity index (χ1) is 10.0. The zero-order valence-corrected chi connectivity index (χ0v) is 13.2. The molecule has 0 spiro atoms. The van der Waals surface area contributed by atoms with Crippen molar-refractivity contribution in [3.63, 3.8) is 0 Å². The van der Waals surface area contributed by atoms with Gasteiger partial charge in [0.15, 0.2) is 0 Å². The number of benzene rings is 1. The fraction of sp³-hybridized carbons (Fsp3) is 0.400. The van der Waals surface area contributed by atoms with Gasteiger partial charge in [0.1, 0.15) is 0 Å². The van der Waals surface area contributed by atoms with E-state index in [4.69, 9.17) is 5.73 Å². The smallest absolute Gasteiger partial charge is 0.251 e. The summed E-state index contributed by atoms with van der Waals surface area (Å²) in [4.78, 5) is 36.2. The number of hydrogen-bond acceptors (Lipinski definition) is 4. The molecule has 0 unspecified atom stereocenters. The Labute approximate surface area is 135 Å². The van der Waals surface area contributed by atoms with Gasteiger partial charge < -0.3 is 11.1 Å². The molecule has 0 aliphatic carbocycles. The van der Waals surface area contributed by atoms with Crippen LogP contribution in [0.25, 0.3) is 0 Å². The largest absolute Gasteiger partial charge is 0.348 e. The maximum atomic E-state index is 11.9. The maximum Gasteiger partial charge on any atom is 0.251 e. The lowest BCUT2D eigenvalue weighted by atomic mass is 10.1.